The summed E-state index contributed by atoms with van der Waals surface area (Å²) in [7, 11) is 0. The highest BCUT2D eigenvalue weighted by Crippen LogP contribution is 2.21. The average molecular weight is 340 g/mol. The van der Waals surface area contributed by atoms with Crippen LogP contribution in [0.2, 0.25) is 0 Å². The van der Waals surface area contributed by atoms with Gasteiger partial charge in [-0.05, 0) is 17.5 Å². The summed E-state index contributed by atoms with van der Waals surface area (Å²) in [6.07, 6.45) is -0.311. The van der Waals surface area contributed by atoms with Crippen molar-refractivity contribution in [3.05, 3.63) is 71.8 Å². The van der Waals surface area contributed by atoms with Crippen LogP contribution in [0.3, 0.4) is 0 Å². The molecule has 1 heterocycles. The van der Waals surface area contributed by atoms with Crippen LogP contribution in [0.25, 0.3) is 0 Å². The van der Waals surface area contributed by atoms with E-state index in [9.17, 15) is 15.0 Å². The Hall–Kier alpha value is -2.37. The Balaban J connectivity index is 1.79. The maximum Gasteiger partial charge on any atom is 0.407 e. The summed E-state index contributed by atoms with van der Waals surface area (Å²) in [6, 6.07) is 19.5. The largest absolute Gasteiger partial charge is 0.465 e. The third-order valence-electron chi connectivity index (χ3n) is 4.72. The number of benzene rings is 2. The minimum absolute atomic E-state index is 0.164. The molecule has 2 aromatic carbocycles. The number of aliphatic hydroxyl groups excluding tert-OH is 1. The maximum atomic E-state index is 11.8. The number of aliphatic hydroxyl groups is 1. The second-order valence-electron chi connectivity index (χ2n) is 6.55. The molecule has 2 aromatic rings. The number of hydrogen-bond acceptors (Lipinski definition) is 3. The molecule has 5 heteroatoms. The molecule has 5 nitrogen and oxygen atoms in total. The fourth-order valence-corrected chi connectivity index (χ4v) is 3.62. The van der Waals surface area contributed by atoms with Gasteiger partial charge in [0.15, 0.2) is 0 Å². The van der Waals surface area contributed by atoms with Gasteiger partial charge in [0.25, 0.3) is 0 Å². The Kier molecular flexibility index (Phi) is 5.68. The lowest BCUT2D eigenvalue weighted by Crippen LogP contribution is -2.61. The normalized spacial score (nSPS) is 21.2. The molecule has 25 heavy (non-hydrogen) atoms. The van der Waals surface area contributed by atoms with Gasteiger partial charge in [-0.15, -0.1) is 0 Å². The zero-order valence-corrected chi connectivity index (χ0v) is 14.2. The van der Waals surface area contributed by atoms with Gasteiger partial charge < -0.3 is 10.2 Å². The van der Waals surface area contributed by atoms with Crippen molar-refractivity contribution in [1.29, 1.82) is 0 Å². The van der Waals surface area contributed by atoms with Gasteiger partial charge in [-0.25, -0.2) is 4.79 Å². The van der Waals surface area contributed by atoms with E-state index < -0.39 is 12.1 Å². The number of carboxylic acid groups (broad SMARTS) is 1. The Morgan fingerprint density at radius 3 is 2.04 bits per heavy atom. The van der Waals surface area contributed by atoms with Gasteiger partial charge in [-0.1, -0.05) is 60.7 Å². The van der Waals surface area contributed by atoms with Crippen LogP contribution in [0.1, 0.15) is 11.1 Å². The number of hydrogen-bond donors (Lipinski definition) is 2. The van der Waals surface area contributed by atoms with E-state index in [1.54, 1.807) is 0 Å². The number of carbonyl (C=O) groups is 1. The van der Waals surface area contributed by atoms with E-state index in [1.165, 1.54) is 10.5 Å². The van der Waals surface area contributed by atoms with E-state index in [1.807, 2.05) is 48.5 Å². The molecule has 0 aliphatic carbocycles. The third kappa shape index (κ3) is 4.38. The van der Waals surface area contributed by atoms with Crippen molar-refractivity contribution in [3.63, 3.8) is 0 Å². The molecule has 2 atom stereocenters. The Bertz CT molecular complexity index is 678. The van der Waals surface area contributed by atoms with E-state index in [0.29, 0.717) is 19.5 Å². The minimum atomic E-state index is -0.959. The maximum absolute atomic E-state index is 11.8. The first-order valence-corrected chi connectivity index (χ1v) is 8.59. The predicted molar refractivity (Wildman–Crippen MR) is 96.4 cm³/mol. The quantitative estimate of drug-likeness (QED) is 0.878. The molecule has 0 bridgehead atoms. The molecule has 0 radical (unpaired) electrons. The van der Waals surface area contributed by atoms with Crippen molar-refractivity contribution in [1.82, 2.24) is 9.80 Å². The van der Waals surface area contributed by atoms with Gasteiger partial charge in [0.2, 0.25) is 0 Å². The van der Waals surface area contributed by atoms with Crippen molar-refractivity contribution in [2.75, 3.05) is 19.7 Å². The highest BCUT2D eigenvalue weighted by atomic mass is 16.4. The third-order valence-corrected chi connectivity index (χ3v) is 4.72. The highest BCUT2D eigenvalue weighted by Gasteiger charge is 2.37. The van der Waals surface area contributed by atoms with Gasteiger partial charge in [0.1, 0.15) is 0 Å². The summed E-state index contributed by atoms with van der Waals surface area (Å²) in [5.74, 6) is 0. The van der Waals surface area contributed by atoms with E-state index in [0.717, 1.165) is 12.1 Å². The summed E-state index contributed by atoms with van der Waals surface area (Å²) in [5.41, 5.74) is 2.30. The lowest BCUT2D eigenvalue weighted by molar-refractivity contribution is 0.00386. The van der Waals surface area contributed by atoms with Crippen molar-refractivity contribution in [2.45, 2.75) is 25.0 Å². The number of rotatable bonds is 5. The minimum Gasteiger partial charge on any atom is -0.465 e. The fraction of sp³-hybridized carbons (Fsp3) is 0.350. The number of amides is 1. The highest BCUT2D eigenvalue weighted by molar-refractivity contribution is 5.66. The van der Waals surface area contributed by atoms with Crippen molar-refractivity contribution < 1.29 is 15.0 Å². The van der Waals surface area contributed by atoms with Gasteiger partial charge in [0.05, 0.1) is 18.7 Å². The molecule has 3 rings (SSSR count). The average Bonchev–Trinajstić information content (AvgIpc) is 2.62. The fourth-order valence-electron chi connectivity index (χ4n) is 3.62. The molecular weight excluding hydrogens is 316 g/mol. The first-order chi connectivity index (χ1) is 12.2. The standard InChI is InChI=1S/C20H24N2O3/c23-15-19-14-21(12-17-9-5-2-6-10-17)13-18(22(19)20(24)25)11-16-7-3-1-4-8-16/h1-10,18-19,23H,11-15H2,(H,24,25)/t18-,19+/m1/s1. The molecule has 0 unspecified atom stereocenters. The lowest BCUT2D eigenvalue weighted by Gasteiger charge is -2.45. The van der Waals surface area contributed by atoms with Crippen LogP contribution in [0.5, 0.6) is 0 Å². The van der Waals surface area contributed by atoms with Gasteiger partial charge in [-0.3, -0.25) is 9.80 Å². The Labute approximate surface area is 148 Å². The molecule has 0 aromatic heterocycles. The van der Waals surface area contributed by atoms with Crippen LogP contribution >= 0.6 is 0 Å². The first kappa shape index (κ1) is 17.5. The molecule has 0 saturated carbocycles. The van der Waals surface area contributed by atoms with Crippen molar-refractivity contribution >= 4 is 6.09 Å². The molecule has 1 aliphatic rings. The zero-order valence-electron chi connectivity index (χ0n) is 14.2. The van der Waals surface area contributed by atoms with Gasteiger partial charge in [-0.2, -0.15) is 0 Å². The van der Waals surface area contributed by atoms with Crippen LogP contribution in [-0.2, 0) is 13.0 Å². The van der Waals surface area contributed by atoms with Crippen LogP contribution < -0.4 is 0 Å². The number of nitrogens with zero attached hydrogens (tertiary/aromatic N) is 2. The van der Waals surface area contributed by atoms with E-state index >= 15 is 0 Å². The zero-order chi connectivity index (χ0) is 17.6. The molecule has 1 amide bonds. The summed E-state index contributed by atoms with van der Waals surface area (Å²) < 4.78 is 0. The van der Waals surface area contributed by atoms with E-state index in [4.69, 9.17) is 0 Å². The Morgan fingerprint density at radius 1 is 0.920 bits per heavy atom. The van der Waals surface area contributed by atoms with Crippen LogP contribution in [0, 0.1) is 0 Å². The Morgan fingerprint density at radius 2 is 1.48 bits per heavy atom. The topological polar surface area (TPSA) is 64.0 Å². The summed E-state index contributed by atoms with van der Waals surface area (Å²) >= 11 is 0. The van der Waals surface area contributed by atoms with Gasteiger partial charge in [0, 0.05) is 19.6 Å². The number of piperazine rings is 1. The monoisotopic (exact) mass is 340 g/mol. The molecule has 0 spiro atoms. The van der Waals surface area contributed by atoms with Crippen LogP contribution in [-0.4, -0.2) is 57.9 Å². The van der Waals surface area contributed by atoms with Crippen LogP contribution in [0.4, 0.5) is 4.79 Å². The lowest BCUT2D eigenvalue weighted by atomic mass is 9.99. The second-order valence-corrected chi connectivity index (χ2v) is 6.55. The van der Waals surface area contributed by atoms with E-state index in [-0.39, 0.29) is 12.6 Å². The van der Waals surface area contributed by atoms with Gasteiger partial charge >= 0.3 is 6.09 Å². The summed E-state index contributed by atoms with van der Waals surface area (Å²) in [6.45, 7) is 1.80. The second kappa shape index (κ2) is 8.14. The smallest absolute Gasteiger partial charge is 0.407 e. The molecule has 132 valence electrons. The van der Waals surface area contributed by atoms with E-state index in [2.05, 4.69) is 17.0 Å². The molecule has 1 fully saturated rings. The molecule has 1 saturated heterocycles. The summed E-state index contributed by atoms with van der Waals surface area (Å²) in [5, 5.41) is 19.4. The molecule has 2 N–H and O–H groups in total. The summed E-state index contributed by atoms with van der Waals surface area (Å²) in [4.78, 5) is 15.5. The molecular formula is C20H24N2O3. The predicted octanol–water partition coefficient (Wildman–Crippen LogP) is 2.45. The molecule has 1 aliphatic heterocycles. The van der Waals surface area contributed by atoms with Crippen molar-refractivity contribution in [2.24, 2.45) is 0 Å². The SMILES string of the molecule is O=C(O)N1[C@H](CO)CN(Cc2ccccc2)C[C@H]1Cc1ccccc1. The first-order valence-electron chi connectivity index (χ1n) is 8.59. The van der Waals surface area contributed by atoms with Crippen molar-refractivity contribution in [3.8, 4) is 0 Å². The van der Waals surface area contributed by atoms with Crippen LogP contribution in [0.15, 0.2) is 60.7 Å².